The number of aliphatic hydroxyl groups is 1. The van der Waals surface area contributed by atoms with Crippen molar-refractivity contribution in [1.82, 2.24) is 20.3 Å². The van der Waals surface area contributed by atoms with Gasteiger partial charge in [0, 0.05) is 48.5 Å². The first-order chi connectivity index (χ1) is 19.1. The summed E-state index contributed by atoms with van der Waals surface area (Å²) >= 11 is 0. The summed E-state index contributed by atoms with van der Waals surface area (Å²) in [5.74, 6) is -0.862. The molecule has 3 atom stereocenters. The largest absolute Gasteiger partial charge is 0.389 e. The van der Waals surface area contributed by atoms with E-state index < -0.39 is 30.0 Å². The van der Waals surface area contributed by atoms with Gasteiger partial charge in [-0.2, -0.15) is 0 Å². The highest BCUT2D eigenvalue weighted by Gasteiger charge is 2.38. The number of hydrogen-bond donors (Lipinski definition) is 3. The molecule has 0 spiro atoms. The summed E-state index contributed by atoms with van der Waals surface area (Å²) in [6.07, 6.45) is 5.23. The molecule has 0 saturated heterocycles. The quantitative estimate of drug-likeness (QED) is 0.340. The smallest absolute Gasteiger partial charge is 0.277 e. The van der Waals surface area contributed by atoms with E-state index in [0.717, 1.165) is 16.8 Å². The van der Waals surface area contributed by atoms with E-state index in [1.165, 1.54) is 17.4 Å². The number of β-amino-alcohol motifs (C(OH)–C–C–N with tert-alkyl or cyclic N) is 1. The van der Waals surface area contributed by atoms with E-state index in [9.17, 15) is 14.7 Å². The molecule has 40 heavy (non-hydrogen) atoms. The Balaban J connectivity index is 1.60. The van der Waals surface area contributed by atoms with Crippen LogP contribution in [0.1, 0.15) is 60.0 Å². The summed E-state index contributed by atoms with van der Waals surface area (Å²) in [7, 11) is 1.91. The molecule has 206 valence electrons. The lowest BCUT2D eigenvalue weighted by Gasteiger charge is -2.39. The number of amides is 2. The number of H-pyrrole nitrogens is 1. The van der Waals surface area contributed by atoms with Crippen molar-refractivity contribution >= 4 is 23.2 Å². The molecule has 1 unspecified atom stereocenters. The summed E-state index contributed by atoms with van der Waals surface area (Å²) in [5, 5.41) is 14.1. The first kappa shape index (κ1) is 27.1. The minimum absolute atomic E-state index is 0.0887. The van der Waals surface area contributed by atoms with Crippen LogP contribution in [0.2, 0.25) is 0 Å². The molecule has 4 aromatic rings. The third kappa shape index (κ3) is 5.33. The predicted octanol–water partition coefficient (Wildman–Crippen LogP) is 4.16. The lowest BCUT2D eigenvalue weighted by molar-refractivity contribution is -0.124. The van der Waals surface area contributed by atoms with E-state index in [4.69, 9.17) is 0 Å². The number of aliphatic hydroxyl groups excluding tert-OH is 1. The van der Waals surface area contributed by atoms with Crippen LogP contribution in [-0.4, -0.2) is 51.6 Å². The number of benzene rings is 2. The van der Waals surface area contributed by atoms with Crippen LogP contribution in [0.5, 0.6) is 0 Å². The Morgan fingerprint density at radius 3 is 2.45 bits per heavy atom. The van der Waals surface area contributed by atoms with Gasteiger partial charge in [0.15, 0.2) is 0 Å². The van der Waals surface area contributed by atoms with Crippen molar-refractivity contribution in [2.24, 2.45) is 0 Å². The highest BCUT2D eigenvalue weighted by Crippen LogP contribution is 2.36. The highest BCUT2D eigenvalue weighted by atomic mass is 16.3. The van der Waals surface area contributed by atoms with Gasteiger partial charge in [0.25, 0.3) is 5.91 Å². The second-order valence-corrected chi connectivity index (χ2v) is 11.1. The molecule has 2 aromatic carbocycles. The molecule has 5 rings (SSSR count). The Morgan fingerprint density at radius 2 is 1.80 bits per heavy atom. The Kier molecular flexibility index (Phi) is 7.40. The van der Waals surface area contributed by atoms with Crippen LogP contribution in [0.4, 0.5) is 11.4 Å². The van der Waals surface area contributed by atoms with Gasteiger partial charge in [-0.1, -0.05) is 57.2 Å². The van der Waals surface area contributed by atoms with Crippen molar-refractivity contribution in [3.63, 3.8) is 0 Å². The molecule has 1 aliphatic heterocycles. The molecule has 2 aromatic heterocycles. The number of carbonyl (C=O) groups excluding carboxylic acids is 2. The molecule has 3 N–H and O–H groups in total. The summed E-state index contributed by atoms with van der Waals surface area (Å²) in [6, 6.07) is 17.1. The summed E-state index contributed by atoms with van der Waals surface area (Å²) < 4.78 is 0. The van der Waals surface area contributed by atoms with Crippen LogP contribution < -0.4 is 15.1 Å². The van der Waals surface area contributed by atoms with E-state index in [0.29, 0.717) is 17.8 Å². The normalized spacial score (nSPS) is 17.6. The molecule has 0 saturated carbocycles. The van der Waals surface area contributed by atoms with Crippen LogP contribution in [0.15, 0.2) is 85.6 Å². The Morgan fingerprint density at radius 1 is 1.05 bits per heavy atom. The minimum atomic E-state index is -1.08. The monoisotopic (exact) mass is 538 g/mol. The molecule has 1 aliphatic rings. The van der Waals surface area contributed by atoms with Gasteiger partial charge in [0.2, 0.25) is 5.91 Å². The van der Waals surface area contributed by atoms with Crippen LogP contribution in [0.3, 0.4) is 0 Å². The number of aromatic nitrogens is 3. The van der Waals surface area contributed by atoms with Crippen molar-refractivity contribution in [3.05, 3.63) is 108 Å². The standard InChI is InChI=1S/C31H34N6O3/c1-31(2,3)21-11-13-22(14-12-21)37(30(40)24-17-33-19-34-24)28(20-8-7-15-32-16-20)29(39)35-27-23-9-5-6-10-25(23)36(4)18-26(27)38/h5-17,19,26-28,38H,18H2,1-4H3,(H,33,34)(H,35,39)/t26-,27-,28?/m0/s1. The van der Waals surface area contributed by atoms with Gasteiger partial charge in [0.05, 0.1) is 24.7 Å². The van der Waals surface area contributed by atoms with Crippen LogP contribution >= 0.6 is 0 Å². The van der Waals surface area contributed by atoms with E-state index >= 15 is 0 Å². The fourth-order valence-electron chi connectivity index (χ4n) is 5.16. The molecule has 0 radical (unpaired) electrons. The zero-order valence-corrected chi connectivity index (χ0v) is 23.1. The number of nitrogens with one attached hydrogen (secondary N) is 2. The average molecular weight is 539 g/mol. The minimum Gasteiger partial charge on any atom is -0.389 e. The number of fused-ring (bicyclic) bond motifs is 1. The van der Waals surface area contributed by atoms with Gasteiger partial charge in [-0.25, -0.2) is 4.98 Å². The van der Waals surface area contributed by atoms with E-state index in [-0.39, 0.29) is 11.1 Å². The number of anilines is 2. The number of para-hydroxylation sites is 1. The topological polar surface area (TPSA) is 114 Å². The van der Waals surface area contributed by atoms with Gasteiger partial charge < -0.3 is 20.3 Å². The van der Waals surface area contributed by atoms with Crippen molar-refractivity contribution < 1.29 is 14.7 Å². The van der Waals surface area contributed by atoms with Crippen molar-refractivity contribution in [2.75, 3.05) is 23.4 Å². The number of likely N-dealkylation sites (N-methyl/N-ethyl adjacent to an activating group) is 1. The number of carbonyl (C=O) groups is 2. The summed E-state index contributed by atoms with van der Waals surface area (Å²) in [5.41, 5.74) is 4.06. The number of pyridine rings is 1. The maximum Gasteiger partial charge on any atom is 0.277 e. The van der Waals surface area contributed by atoms with Gasteiger partial charge in [0.1, 0.15) is 11.7 Å². The Labute approximate surface area is 233 Å². The number of rotatable bonds is 6. The number of aromatic amines is 1. The molecule has 3 heterocycles. The van der Waals surface area contributed by atoms with Gasteiger partial charge in [-0.05, 0) is 35.2 Å². The lowest BCUT2D eigenvalue weighted by atomic mass is 9.87. The fraction of sp³-hybridized carbons (Fsp3) is 0.290. The Bertz CT molecular complexity index is 1470. The van der Waals surface area contributed by atoms with Crippen LogP contribution in [0.25, 0.3) is 0 Å². The zero-order valence-electron chi connectivity index (χ0n) is 23.1. The molecule has 0 bridgehead atoms. The number of nitrogens with zero attached hydrogens (tertiary/aromatic N) is 4. The van der Waals surface area contributed by atoms with Crippen LogP contribution in [0, 0.1) is 0 Å². The summed E-state index contributed by atoms with van der Waals surface area (Å²) in [6.45, 7) is 6.70. The predicted molar refractivity (Wildman–Crippen MR) is 154 cm³/mol. The Hall–Kier alpha value is -4.50. The van der Waals surface area contributed by atoms with Crippen LogP contribution in [-0.2, 0) is 10.2 Å². The second-order valence-electron chi connectivity index (χ2n) is 11.1. The lowest BCUT2D eigenvalue weighted by Crippen LogP contribution is -2.50. The maximum atomic E-state index is 14.3. The van der Waals surface area contributed by atoms with Gasteiger partial charge >= 0.3 is 0 Å². The van der Waals surface area contributed by atoms with Crippen molar-refractivity contribution in [3.8, 4) is 0 Å². The van der Waals surface area contributed by atoms with Gasteiger partial charge in [-0.3, -0.25) is 19.5 Å². The molecular formula is C31H34N6O3. The summed E-state index contributed by atoms with van der Waals surface area (Å²) in [4.78, 5) is 42.9. The number of hydrogen-bond acceptors (Lipinski definition) is 6. The van der Waals surface area contributed by atoms with Gasteiger partial charge in [-0.15, -0.1) is 0 Å². The first-order valence-electron chi connectivity index (χ1n) is 13.3. The maximum absolute atomic E-state index is 14.3. The van der Waals surface area contributed by atoms with E-state index in [2.05, 4.69) is 41.0 Å². The first-order valence-corrected chi connectivity index (χ1v) is 13.3. The van der Waals surface area contributed by atoms with Crippen molar-refractivity contribution in [2.45, 2.75) is 44.4 Å². The van der Waals surface area contributed by atoms with Crippen molar-refractivity contribution in [1.29, 1.82) is 0 Å². The molecule has 2 amide bonds. The molecule has 0 aliphatic carbocycles. The molecule has 9 nitrogen and oxygen atoms in total. The number of imidazole rings is 1. The highest BCUT2D eigenvalue weighted by molar-refractivity contribution is 6.09. The SMILES string of the molecule is CN1C[C@H](O)[C@@H](NC(=O)C(c2cccnc2)N(C(=O)c2cnc[nH]2)c2ccc(C(C)(C)C)cc2)c2ccccc21. The van der Waals surface area contributed by atoms with E-state index in [1.807, 2.05) is 60.5 Å². The fourth-order valence-corrected chi connectivity index (χ4v) is 5.16. The third-order valence-corrected chi connectivity index (χ3v) is 7.29. The molecule has 0 fully saturated rings. The van der Waals surface area contributed by atoms with E-state index in [1.54, 1.807) is 24.5 Å². The molecular weight excluding hydrogens is 504 g/mol. The molecule has 9 heteroatoms. The second kappa shape index (κ2) is 10.9. The zero-order chi connectivity index (χ0) is 28.4. The third-order valence-electron chi connectivity index (χ3n) is 7.29. The average Bonchev–Trinajstić information content (AvgIpc) is 3.49.